The molecule has 0 spiro atoms. The molecule has 0 atom stereocenters. The minimum Gasteiger partial charge on any atom is -0.361 e. The second-order valence-electron chi connectivity index (χ2n) is 3.61. The normalized spacial score (nSPS) is 10.0. The van der Waals surface area contributed by atoms with Gasteiger partial charge in [0.05, 0.1) is 0 Å². The molecule has 1 N–H and O–H groups in total. The largest absolute Gasteiger partial charge is 0.361 e. The zero-order chi connectivity index (χ0) is 10.1. The van der Waals surface area contributed by atoms with Gasteiger partial charge in [-0.1, -0.05) is 56.0 Å². The fourth-order valence-corrected chi connectivity index (χ4v) is 1.93. The van der Waals surface area contributed by atoms with E-state index < -0.39 is 0 Å². The fraction of sp³-hybridized carbons (Fsp3) is 0.0667. The van der Waals surface area contributed by atoms with Gasteiger partial charge in [0.25, 0.3) is 0 Å². The molecule has 0 radical (unpaired) electrons. The van der Waals surface area contributed by atoms with Gasteiger partial charge in [-0.25, -0.2) is 0 Å². The molecule has 1 nitrogen and oxygen atoms in total. The molecule has 1 aromatic heterocycles. The number of para-hydroxylation sites is 1. The van der Waals surface area contributed by atoms with Gasteiger partial charge in [-0.3, -0.25) is 0 Å². The highest BCUT2D eigenvalue weighted by Gasteiger charge is 2.03. The van der Waals surface area contributed by atoms with Gasteiger partial charge in [-0.2, -0.15) is 0 Å². The van der Waals surface area contributed by atoms with Crippen molar-refractivity contribution in [2.75, 3.05) is 0 Å². The predicted octanol–water partition coefficient (Wildman–Crippen LogP) is 4.47. The molecule has 0 saturated carbocycles. The number of hydrogen-bond acceptors (Lipinski definition) is 0. The highest BCUT2D eigenvalue weighted by molar-refractivity contribution is 5.95. The van der Waals surface area contributed by atoms with Crippen LogP contribution in [0.3, 0.4) is 0 Å². The third-order valence-electron chi connectivity index (χ3n) is 2.67. The highest BCUT2D eigenvalue weighted by atomic mass is 14.7. The van der Waals surface area contributed by atoms with Gasteiger partial charge in [0.1, 0.15) is 0 Å². The van der Waals surface area contributed by atoms with Crippen LogP contribution in [0.15, 0.2) is 60.8 Å². The number of nitrogens with one attached hydrogen (secondary N) is 1. The molecule has 3 rings (SSSR count). The van der Waals surface area contributed by atoms with Crippen LogP contribution in [0.1, 0.15) is 7.43 Å². The lowest BCUT2D eigenvalue weighted by molar-refractivity contribution is 1.47. The van der Waals surface area contributed by atoms with Crippen LogP contribution < -0.4 is 0 Å². The van der Waals surface area contributed by atoms with Crippen molar-refractivity contribution in [3.63, 3.8) is 0 Å². The van der Waals surface area contributed by atoms with E-state index in [0.29, 0.717) is 0 Å². The van der Waals surface area contributed by atoms with Gasteiger partial charge in [-0.15, -0.1) is 0 Å². The molecule has 3 aromatic rings. The summed E-state index contributed by atoms with van der Waals surface area (Å²) in [4.78, 5) is 3.29. The molecule has 0 aliphatic rings. The van der Waals surface area contributed by atoms with Crippen molar-refractivity contribution in [3.8, 4) is 11.1 Å². The molecule has 0 saturated heterocycles. The predicted molar refractivity (Wildman–Crippen MR) is 70.5 cm³/mol. The zero-order valence-electron chi connectivity index (χ0n) is 8.27. The Labute approximate surface area is 95.8 Å². The molecule has 80 valence electrons. The quantitative estimate of drug-likeness (QED) is 0.608. The van der Waals surface area contributed by atoms with E-state index in [1.165, 1.54) is 22.0 Å². The Balaban J connectivity index is 0.000000963. The van der Waals surface area contributed by atoms with Crippen LogP contribution in [0.5, 0.6) is 0 Å². The summed E-state index contributed by atoms with van der Waals surface area (Å²) in [7, 11) is 0. The van der Waals surface area contributed by atoms with Crippen LogP contribution in [0.4, 0.5) is 0 Å². The first kappa shape index (κ1) is 10.5. The monoisotopic (exact) mass is 209 g/mol. The Morgan fingerprint density at radius 3 is 2.25 bits per heavy atom. The van der Waals surface area contributed by atoms with Crippen LogP contribution in [0, 0.1) is 0 Å². The van der Waals surface area contributed by atoms with E-state index in [9.17, 15) is 0 Å². The van der Waals surface area contributed by atoms with Crippen molar-refractivity contribution in [1.82, 2.24) is 4.98 Å². The van der Waals surface area contributed by atoms with Gasteiger partial charge < -0.3 is 4.98 Å². The Kier molecular flexibility index (Phi) is 2.78. The number of rotatable bonds is 1. The molecular formula is C15H15N. The molecular weight excluding hydrogens is 194 g/mol. The minimum atomic E-state index is 0. The average molecular weight is 209 g/mol. The number of aromatic amines is 1. The second kappa shape index (κ2) is 4.23. The van der Waals surface area contributed by atoms with Gasteiger partial charge in [0, 0.05) is 22.7 Å². The van der Waals surface area contributed by atoms with Crippen LogP contribution in [0.25, 0.3) is 22.0 Å². The summed E-state index contributed by atoms with van der Waals surface area (Å²) in [6.07, 6.45) is 2.07. The fourth-order valence-electron chi connectivity index (χ4n) is 1.93. The van der Waals surface area contributed by atoms with E-state index in [0.717, 1.165) is 0 Å². The maximum Gasteiger partial charge on any atom is 0.0460 e. The zero-order valence-corrected chi connectivity index (χ0v) is 8.27. The van der Waals surface area contributed by atoms with Gasteiger partial charge >= 0.3 is 0 Å². The minimum absolute atomic E-state index is 0. The van der Waals surface area contributed by atoms with Crippen molar-refractivity contribution in [2.45, 2.75) is 7.43 Å². The van der Waals surface area contributed by atoms with Crippen molar-refractivity contribution in [2.24, 2.45) is 0 Å². The van der Waals surface area contributed by atoms with E-state index >= 15 is 0 Å². The molecule has 0 unspecified atom stereocenters. The first-order chi connectivity index (χ1) is 7.45. The summed E-state index contributed by atoms with van der Waals surface area (Å²) >= 11 is 0. The van der Waals surface area contributed by atoms with Crippen LogP contribution in [-0.2, 0) is 0 Å². The van der Waals surface area contributed by atoms with Gasteiger partial charge in [0.15, 0.2) is 0 Å². The summed E-state index contributed by atoms with van der Waals surface area (Å²) in [5, 5.41) is 1.28. The molecule has 0 amide bonds. The Hall–Kier alpha value is -2.02. The third kappa shape index (κ3) is 1.61. The van der Waals surface area contributed by atoms with Crippen LogP contribution >= 0.6 is 0 Å². The van der Waals surface area contributed by atoms with Crippen molar-refractivity contribution >= 4 is 10.9 Å². The number of H-pyrrole nitrogens is 1. The Morgan fingerprint density at radius 1 is 0.750 bits per heavy atom. The van der Waals surface area contributed by atoms with Crippen molar-refractivity contribution in [3.05, 3.63) is 60.8 Å². The molecule has 16 heavy (non-hydrogen) atoms. The molecule has 0 fully saturated rings. The lowest BCUT2D eigenvalue weighted by Crippen LogP contribution is -1.73. The van der Waals surface area contributed by atoms with Crippen LogP contribution in [0.2, 0.25) is 0 Å². The maximum absolute atomic E-state index is 3.29. The van der Waals surface area contributed by atoms with Crippen LogP contribution in [-0.4, -0.2) is 4.98 Å². The smallest absolute Gasteiger partial charge is 0.0460 e. The van der Waals surface area contributed by atoms with E-state index in [1.54, 1.807) is 0 Å². The third-order valence-corrected chi connectivity index (χ3v) is 2.67. The summed E-state index contributed by atoms with van der Waals surface area (Å²) in [6, 6.07) is 18.8. The van der Waals surface area contributed by atoms with E-state index in [-0.39, 0.29) is 7.43 Å². The lowest BCUT2D eigenvalue weighted by Gasteiger charge is -1.97. The number of aromatic nitrogens is 1. The number of benzene rings is 2. The summed E-state index contributed by atoms with van der Waals surface area (Å²) in [5.41, 5.74) is 3.72. The van der Waals surface area contributed by atoms with Crippen molar-refractivity contribution in [1.29, 1.82) is 0 Å². The lowest BCUT2D eigenvalue weighted by atomic mass is 10.1. The first-order valence-corrected chi connectivity index (χ1v) is 5.07. The molecule has 2 aromatic carbocycles. The standard InChI is InChI=1S/C14H11N.CH4/c1-2-6-11(7-3-1)13-10-15-14-9-5-4-8-12(13)14;/h1-10,15H;1H4. The van der Waals surface area contributed by atoms with E-state index in [4.69, 9.17) is 0 Å². The molecule has 1 heterocycles. The topological polar surface area (TPSA) is 15.8 Å². The Bertz CT molecular complexity index is 578. The molecule has 0 aliphatic carbocycles. The first-order valence-electron chi connectivity index (χ1n) is 5.07. The number of hydrogen-bond donors (Lipinski definition) is 1. The van der Waals surface area contributed by atoms with Gasteiger partial charge in [0.2, 0.25) is 0 Å². The molecule has 1 heteroatoms. The van der Waals surface area contributed by atoms with E-state index in [1.807, 2.05) is 12.1 Å². The molecule has 0 bridgehead atoms. The average Bonchev–Trinajstić information content (AvgIpc) is 2.74. The van der Waals surface area contributed by atoms with E-state index in [2.05, 4.69) is 53.6 Å². The summed E-state index contributed by atoms with van der Waals surface area (Å²) in [5.74, 6) is 0. The van der Waals surface area contributed by atoms with Crippen molar-refractivity contribution < 1.29 is 0 Å². The summed E-state index contributed by atoms with van der Waals surface area (Å²) < 4.78 is 0. The highest BCUT2D eigenvalue weighted by Crippen LogP contribution is 2.27. The number of fused-ring (bicyclic) bond motifs is 1. The Morgan fingerprint density at radius 2 is 1.44 bits per heavy atom. The molecule has 0 aliphatic heterocycles. The van der Waals surface area contributed by atoms with Gasteiger partial charge in [-0.05, 0) is 11.6 Å². The SMILES string of the molecule is C.c1ccc(-c2c[nH]c3ccccc23)cc1. The maximum atomic E-state index is 3.29. The second-order valence-corrected chi connectivity index (χ2v) is 3.61. The summed E-state index contributed by atoms with van der Waals surface area (Å²) in [6.45, 7) is 0.